The van der Waals surface area contributed by atoms with Crippen LogP contribution >= 0.6 is 0 Å². The van der Waals surface area contributed by atoms with Gasteiger partial charge in [-0.05, 0) is 20.3 Å². The van der Waals surface area contributed by atoms with Crippen molar-refractivity contribution in [1.82, 2.24) is 0 Å². The molecule has 0 N–H and O–H groups in total. The van der Waals surface area contributed by atoms with Gasteiger partial charge in [-0.1, -0.05) is 6.92 Å². The van der Waals surface area contributed by atoms with Crippen LogP contribution in [0.3, 0.4) is 0 Å². The SMILES string of the molecule is CCOC(CC)C(COCC1CO1)OCC. The molecular formula is C12H24O4. The fourth-order valence-corrected chi connectivity index (χ4v) is 1.66. The molecule has 0 spiro atoms. The summed E-state index contributed by atoms with van der Waals surface area (Å²) in [5.74, 6) is 0. The van der Waals surface area contributed by atoms with Gasteiger partial charge in [0, 0.05) is 13.2 Å². The molecule has 0 aromatic carbocycles. The Balaban J connectivity index is 2.24. The molecule has 16 heavy (non-hydrogen) atoms. The summed E-state index contributed by atoms with van der Waals surface area (Å²) in [5.41, 5.74) is 0. The minimum Gasteiger partial charge on any atom is -0.376 e. The molecule has 96 valence electrons. The fourth-order valence-electron chi connectivity index (χ4n) is 1.66. The summed E-state index contributed by atoms with van der Waals surface area (Å²) in [6.45, 7) is 9.61. The minimum atomic E-state index is 0.0358. The van der Waals surface area contributed by atoms with Crippen LogP contribution in [0.4, 0.5) is 0 Å². The Morgan fingerprint density at radius 3 is 2.25 bits per heavy atom. The summed E-state index contributed by atoms with van der Waals surface area (Å²) < 4.78 is 22.0. The van der Waals surface area contributed by atoms with Crippen LogP contribution in [0.25, 0.3) is 0 Å². The molecule has 0 bridgehead atoms. The molecule has 1 rings (SSSR count). The maximum atomic E-state index is 5.66. The maximum Gasteiger partial charge on any atom is 0.107 e. The lowest BCUT2D eigenvalue weighted by Crippen LogP contribution is -2.35. The van der Waals surface area contributed by atoms with Gasteiger partial charge in [-0.3, -0.25) is 0 Å². The third-order valence-electron chi connectivity index (χ3n) is 2.57. The molecule has 3 atom stereocenters. The lowest BCUT2D eigenvalue weighted by Gasteiger charge is -2.25. The van der Waals surface area contributed by atoms with E-state index in [9.17, 15) is 0 Å². The molecule has 1 saturated heterocycles. The first kappa shape index (κ1) is 13.9. The van der Waals surface area contributed by atoms with Crippen molar-refractivity contribution in [3.05, 3.63) is 0 Å². The van der Waals surface area contributed by atoms with Gasteiger partial charge >= 0.3 is 0 Å². The van der Waals surface area contributed by atoms with Crippen molar-refractivity contribution in [3.63, 3.8) is 0 Å². The first-order valence-electron chi connectivity index (χ1n) is 6.24. The van der Waals surface area contributed by atoms with Gasteiger partial charge < -0.3 is 18.9 Å². The van der Waals surface area contributed by atoms with Gasteiger partial charge in [-0.25, -0.2) is 0 Å². The van der Waals surface area contributed by atoms with Gasteiger partial charge in [-0.2, -0.15) is 0 Å². The number of hydrogen-bond donors (Lipinski definition) is 0. The van der Waals surface area contributed by atoms with Crippen molar-refractivity contribution in [2.45, 2.75) is 45.5 Å². The predicted octanol–water partition coefficient (Wildman–Crippen LogP) is 1.62. The molecular weight excluding hydrogens is 208 g/mol. The summed E-state index contributed by atoms with van der Waals surface area (Å²) in [7, 11) is 0. The summed E-state index contributed by atoms with van der Waals surface area (Å²) in [6.07, 6.45) is 1.43. The molecule has 0 saturated carbocycles. The van der Waals surface area contributed by atoms with Crippen molar-refractivity contribution in [3.8, 4) is 0 Å². The molecule has 1 aliphatic rings. The third-order valence-corrected chi connectivity index (χ3v) is 2.57. The summed E-state index contributed by atoms with van der Waals surface area (Å²) in [5, 5.41) is 0. The van der Waals surface area contributed by atoms with Gasteiger partial charge in [0.1, 0.15) is 12.2 Å². The quantitative estimate of drug-likeness (QED) is 0.537. The molecule has 4 nitrogen and oxygen atoms in total. The van der Waals surface area contributed by atoms with Crippen molar-refractivity contribution >= 4 is 0 Å². The van der Waals surface area contributed by atoms with Crippen LogP contribution in [0.5, 0.6) is 0 Å². The van der Waals surface area contributed by atoms with Gasteiger partial charge in [0.05, 0.1) is 25.9 Å². The molecule has 0 radical (unpaired) electrons. The number of rotatable bonds is 10. The molecule has 1 heterocycles. The van der Waals surface area contributed by atoms with E-state index in [4.69, 9.17) is 18.9 Å². The second kappa shape index (κ2) is 8.01. The average Bonchev–Trinajstić information content (AvgIpc) is 3.09. The van der Waals surface area contributed by atoms with Gasteiger partial charge in [-0.15, -0.1) is 0 Å². The zero-order chi connectivity index (χ0) is 11.8. The van der Waals surface area contributed by atoms with Crippen LogP contribution in [-0.4, -0.2) is 51.3 Å². The third kappa shape index (κ3) is 5.25. The van der Waals surface area contributed by atoms with E-state index < -0.39 is 0 Å². The molecule has 0 amide bonds. The molecule has 1 aliphatic heterocycles. The zero-order valence-corrected chi connectivity index (χ0v) is 10.6. The van der Waals surface area contributed by atoms with E-state index in [1.165, 1.54) is 0 Å². The highest BCUT2D eigenvalue weighted by molar-refractivity contribution is 4.72. The van der Waals surface area contributed by atoms with Crippen LogP contribution in [0.2, 0.25) is 0 Å². The van der Waals surface area contributed by atoms with Crippen LogP contribution in [0.15, 0.2) is 0 Å². The fraction of sp³-hybridized carbons (Fsp3) is 1.00. The Morgan fingerprint density at radius 2 is 1.75 bits per heavy atom. The van der Waals surface area contributed by atoms with Crippen molar-refractivity contribution in [1.29, 1.82) is 0 Å². The van der Waals surface area contributed by atoms with E-state index in [2.05, 4.69) is 6.92 Å². The Hall–Kier alpha value is -0.160. The van der Waals surface area contributed by atoms with E-state index in [1.807, 2.05) is 13.8 Å². The molecule has 4 heteroatoms. The second-order valence-electron chi connectivity index (χ2n) is 3.89. The predicted molar refractivity (Wildman–Crippen MR) is 61.7 cm³/mol. The van der Waals surface area contributed by atoms with E-state index in [0.717, 1.165) is 13.0 Å². The Kier molecular flexibility index (Phi) is 6.96. The molecule has 0 aromatic rings. The molecule has 0 aromatic heterocycles. The van der Waals surface area contributed by atoms with Gasteiger partial charge in [0.25, 0.3) is 0 Å². The smallest absolute Gasteiger partial charge is 0.107 e. The largest absolute Gasteiger partial charge is 0.376 e. The number of ether oxygens (including phenoxy) is 4. The highest BCUT2D eigenvalue weighted by Crippen LogP contribution is 2.12. The Morgan fingerprint density at radius 1 is 1.12 bits per heavy atom. The summed E-state index contributed by atoms with van der Waals surface area (Å²) in [6, 6.07) is 0. The van der Waals surface area contributed by atoms with Crippen molar-refractivity contribution in [2.24, 2.45) is 0 Å². The molecule has 3 unspecified atom stereocenters. The topological polar surface area (TPSA) is 40.2 Å². The molecule has 1 fully saturated rings. The number of epoxide rings is 1. The Bertz CT molecular complexity index is 170. The lowest BCUT2D eigenvalue weighted by molar-refractivity contribution is -0.101. The first-order chi connectivity index (χ1) is 7.81. The van der Waals surface area contributed by atoms with E-state index >= 15 is 0 Å². The summed E-state index contributed by atoms with van der Waals surface area (Å²) >= 11 is 0. The Labute approximate surface area is 98.2 Å². The van der Waals surface area contributed by atoms with E-state index in [-0.39, 0.29) is 12.2 Å². The molecule has 0 aliphatic carbocycles. The summed E-state index contributed by atoms with van der Waals surface area (Å²) in [4.78, 5) is 0. The monoisotopic (exact) mass is 232 g/mol. The lowest BCUT2D eigenvalue weighted by atomic mass is 10.1. The highest BCUT2D eigenvalue weighted by Gasteiger charge is 2.25. The van der Waals surface area contributed by atoms with Crippen molar-refractivity contribution in [2.75, 3.05) is 33.0 Å². The van der Waals surface area contributed by atoms with Crippen LogP contribution in [0, 0.1) is 0 Å². The van der Waals surface area contributed by atoms with E-state index in [1.54, 1.807) is 0 Å². The average molecular weight is 232 g/mol. The van der Waals surface area contributed by atoms with Gasteiger partial charge in [0.15, 0.2) is 0 Å². The van der Waals surface area contributed by atoms with Gasteiger partial charge in [0.2, 0.25) is 0 Å². The second-order valence-corrected chi connectivity index (χ2v) is 3.89. The minimum absolute atomic E-state index is 0.0358. The normalized spacial score (nSPS) is 23.1. The number of hydrogen-bond acceptors (Lipinski definition) is 4. The van der Waals surface area contributed by atoms with Crippen LogP contribution < -0.4 is 0 Å². The standard InChI is InChI=1S/C12H24O4/c1-4-11(14-5-2)12(15-6-3)9-13-7-10-8-16-10/h10-12H,4-9H2,1-3H3. The van der Waals surface area contributed by atoms with Crippen molar-refractivity contribution < 1.29 is 18.9 Å². The zero-order valence-electron chi connectivity index (χ0n) is 10.6. The first-order valence-corrected chi connectivity index (χ1v) is 6.24. The van der Waals surface area contributed by atoms with Crippen LogP contribution in [0.1, 0.15) is 27.2 Å². The maximum absolute atomic E-state index is 5.66. The van der Waals surface area contributed by atoms with E-state index in [0.29, 0.717) is 32.5 Å². The van der Waals surface area contributed by atoms with Crippen LogP contribution in [-0.2, 0) is 18.9 Å². The highest BCUT2D eigenvalue weighted by atomic mass is 16.6.